The molecule has 0 unspecified atom stereocenters. The van der Waals surface area contributed by atoms with Gasteiger partial charge < -0.3 is 4.74 Å². The molecule has 2 aromatic carbocycles. The highest BCUT2D eigenvalue weighted by Gasteiger charge is 2.33. The molecule has 2 nitrogen and oxygen atoms in total. The summed E-state index contributed by atoms with van der Waals surface area (Å²) in [6.07, 6.45) is -4.44. The molecule has 0 aromatic heterocycles. The lowest BCUT2D eigenvalue weighted by Gasteiger charge is -2.13. The van der Waals surface area contributed by atoms with E-state index >= 15 is 0 Å². The van der Waals surface area contributed by atoms with Gasteiger partial charge in [0.1, 0.15) is 5.75 Å². The average molecular weight is 280 g/mol. The molecule has 104 valence electrons. The van der Waals surface area contributed by atoms with Crippen molar-refractivity contribution >= 4 is 5.97 Å². The lowest BCUT2D eigenvalue weighted by atomic mass is 9.99. The lowest BCUT2D eigenvalue weighted by Crippen LogP contribution is -2.07. The standard InChI is InChI=1S/C15H11F3O2/c1-10(19)20-12-6-4-5-11(9-12)13-7-2-3-8-14(13)15(16,17)18/h2-9H,1H3. The molecule has 0 saturated carbocycles. The van der Waals surface area contributed by atoms with E-state index in [1.54, 1.807) is 6.07 Å². The molecule has 0 amide bonds. The third-order valence-electron chi connectivity index (χ3n) is 2.64. The van der Waals surface area contributed by atoms with Crippen LogP contribution in [0.15, 0.2) is 48.5 Å². The van der Waals surface area contributed by atoms with Crippen LogP contribution in [0.4, 0.5) is 13.2 Å². The number of carbonyl (C=O) groups is 1. The van der Waals surface area contributed by atoms with Gasteiger partial charge in [-0.1, -0.05) is 30.3 Å². The number of esters is 1. The first-order valence-electron chi connectivity index (χ1n) is 5.83. The van der Waals surface area contributed by atoms with E-state index in [4.69, 9.17) is 4.74 Å². The molecule has 0 spiro atoms. The fourth-order valence-electron chi connectivity index (χ4n) is 1.88. The number of halogens is 3. The van der Waals surface area contributed by atoms with Crippen LogP contribution in [0.2, 0.25) is 0 Å². The molecule has 0 heterocycles. The fraction of sp³-hybridized carbons (Fsp3) is 0.133. The molecular weight excluding hydrogens is 269 g/mol. The SMILES string of the molecule is CC(=O)Oc1cccc(-c2ccccc2C(F)(F)F)c1. The number of ether oxygens (including phenoxy) is 1. The van der Waals surface area contributed by atoms with E-state index in [1.165, 1.54) is 43.3 Å². The van der Waals surface area contributed by atoms with E-state index in [0.717, 1.165) is 6.07 Å². The maximum atomic E-state index is 13.0. The number of hydrogen-bond acceptors (Lipinski definition) is 2. The van der Waals surface area contributed by atoms with Crippen LogP contribution in [-0.4, -0.2) is 5.97 Å². The molecule has 0 aliphatic rings. The van der Waals surface area contributed by atoms with Crippen molar-refractivity contribution in [3.8, 4) is 16.9 Å². The van der Waals surface area contributed by atoms with Gasteiger partial charge in [-0.15, -0.1) is 0 Å². The summed E-state index contributed by atoms with van der Waals surface area (Å²) in [6.45, 7) is 1.23. The Balaban J connectivity index is 2.49. The van der Waals surface area contributed by atoms with Crippen molar-refractivity contribution in [3.05, 3.63) is 54.1 Å². The van der Waals surface area contributed by atoms with E-state index in [1.807, 2.05) is 0 Å². The maximum Gasteiger partial charge on any atom is 0.417 e. The Hall–Kier alpha value is -2.30. The van der Waals surface area contributed by atoms with Gasteiger partial charge in [-0.05, 0) is 29.3 Å². The Bertz CT molecular complexity index is 633. The first kappa shape index (κ1) is 14.1. The summed E-state index contributed by atoms with van der Waals surface area (Å²) in [4.78, 5) is 10.9. The number of hydrogen-bond donors (Lipinski definition) is 0. The molecule has 0 saturated heterocycles. The van der Waals surface area contributed by atoms with Gasteiger partial charge in [0.2, 0.25) is 0 Å². The second kappa shape index (κ2) is 5.36. The maximum absolute atomic E-state index is 13.0. The number of rotatable bonds is 2. The Morgan fingerprint density at radius 2 is 1.75 bits per heavy atom. The van der Waals surface area contributed by atoms with Gasteiger partial charge in [-0.3, -0.25) is 4.79 Å². The minimum atomic E-state index is -4.44. The zero-order valence-electron chi connectivity index (χ0n) is 10.6. The second-order valence-electron chi connectivity index (χ2n) is 4.16. The molecule has 2 aromatic rings. The van der Waals surface area contributed by atoms with Gasteiger partial charge in [0.25, 0.3) is 0 Å². The summed E-state index contributed by atoms with van der Waals surface area (Å²) >= 11 is 0. The molecule has 0 aliphatic heterocycles. The monoisotopic (exact) mass is 280 g/mol. The predicted molar refractivity (Wildman–Crippen MR) is 68.2 cm³/mol. The van der Waals surface area contributed by atoms with Crippen molar-refractivity contribution in [2.45, 2.75) is 13.1 Å². The van der Waals surface area contributed by atoms with Gasteiger partial charge in [0.15, 0.2) is 0 Å². The molecular formula is C15H11F3O2. The van der Waals surface area contributed by atoms with Gasteiger partial charge >= 0.3 is 12.1 Å². The minimum Gasteiger partial charge on any atom is -0.427 e. The summed E-state index contributed by atoms with van der Waals surface area (Å²) < 4.78 is 43.8. The van der Waals surface area contributed by atoms with Crippen LogP contribution in [0.3, 0.4) is 0 Å². The Morgan fingerprint density at radius 1 is 1.05 bits per heavy atom. The first-order valence-corrected chi connectivity index (χ1v) is 5.83. The van der Waals surface area contributed by atoms with E-state index in [0.29, 0.717) is 5.56 Å². The topological polar surface area (TPSA) is 26.3 Å². The third kappa shape index (κ3) is 3.17. The van der Waals surface area contributed by atoms with Crippen LogP contribution in [-0.2, 0) is 11.0 Å². The van der Waals surface area contributed by atoms with E-state index < -0.39 is 17.7 Å². The summed E-state index contributed by atoms with van der Waals surface area (Å²) in [7, 11) is 0. The number of carbonyl (C=O) groups excluding carboxylic acids is 1. The van der Waals surface area contributed by atoms with Gasteiger partial charge in [0, 0.05) is 6.92 Å². The van der Waals surface area contributed by atoms with Crippen LogP contribution in [0.25, 0.3) is 11.1 Å². The highest BCUT2D eigenvalue weighted by Crippen LogP contribution is 2.37. The Kier molecular flexibility index (Phi) is 3.79. The normalized spacial score (nSPS) is 11.2. The number of alkyl halides is 3. The van der Waals surface area contributed by atoms with E-state index in [2.05, 4.69) is 0 Å². The van der Waals surface area contributed by atoms with Crippen LogP contribution >= 0.6 is 0 Å². The highest BCUT2D eigenvalue weighted by atomic mass is 19.4. The zero-order chi connectivity index (χ0) is 14.8. The zero-order valence-corrected chi connectivity index (χ0v) is 10.6. The smallest absolute Gasteiger partial charge is 0.417 e. The summed E-state index contributed by atoms with van der Waals surface area (Å²) in [5, 5.41) is 0. The van der Waals surface area contributed by atoms with Crippen molar-refractivity contribution in [1.29, 1.82) is 0 Å². The van der Waals surface area contributed by atoms with Crippen LogP contribution in [0.1, 0.15) is 12.5 Å². The molecule has 0 atom stereocenters. The van der Waals surface area contributed by atoms with Crippen molar-refractivity contribution in [2.75, 3.05) is 0 Å². The average Bonchev–Trinajstić information content (AvgIpc) is 2.37. The minimum absolute atomic E-state index is 0.0500. The molecule has 2 rings (SSSR count). The highest BCUT2D eigenvalue weighted by molar-refractivity contribution is 5.72. The van der Waals surface area contributed by atoms with E-state index in [-0.39, 0.29) is 11.3 Å². The molecule has 0 radical (unpaired) electrons. The van der Waals surface area contributed by atoms with Gasteiger partial charge in [-0.2, -0.15) is 13.2 Å². The second-order valence-corrected chi connectivity index (χ2v) is 4.16. The van der Waals surface area contributed by atoms with E-state index in [9.17, 15) is 18.0 Å². The van der Waals surface area contributed by atoms with Crippen LogP contribution in [0.5, 0.6) is 5.75 Å². The van der Waals surface area contributed by atoms with Gasteiger partial charge in [0.05, 0.1) is 5.56 Å². The molecule has 0 fully saturated rings. The lowest BCUT2D eigenvalue weighted by molar-refractivity contribution is -0.137. The molecule has 0 aliphatic carbocycles. The van der Waals surface area contributed by atoms with Crippen LogP contribution in [0, 0.1) is 0 Å². The molecule has 20 heavy (non-hydrogen) atoms. The van der Waals surface area contributed by atoms with Crippen molar-refractivity contribution in [2.24, 2.45) is 0 Å². The number of benzene rings is 2. The largest absolute Gasteiger partial charge is 0.427 e. The third-order valence-corrected chi connectivity index (χ3v) is 2.64. The summed E-state index contributed by atoms with van der Waals surface area (Å²) in [6, 6.07) is 11.3. The van der Waals surface area contributed by atoms with Crippen molar-refractivity contribution in [3.63, 3.8) is 0 Å². The fourth-order valence-corrected chi connectivity index (χ4v) is 1.88. The Labute approximate surface area is 113 Å². The summed E-state index contributed by atoms with van der Waals surface area (Å²) in [5.74, 6) is -0.307. The van der Waals surface area contributed by atoms with Crippen molar-refractivity contribution in [1.82, 2.24) is 0 Å². The predicted octanol–water partition coefficient (Wildman–Crippen LogP) is 4.30. The quantitative estimate of drug-likeness (QED) is 0.605. The van der Waals surface area contributed by atoms with Crippen molar-refractivity contribution < 1.29 is 22.7 Å². The Morgan fingerprint density at radius 3 is 2.40 bits per heavy atom. The van der Waals surface area contributed by atoms with Crippen LogP contribution < -0.4 is 4.74 Å². The first-order chi connectivity index (χ1) is 9.38. The summed E-state index contributed by atoms with van der Waals surface area (Å²) in [5.41, 5.74) is -0.328. The molecule has 0 bridgehead atoms. The molecule has 5 heteroatoms. The van der Waals surface area contributed by atoms with Gasteiger partial charge in [-0.25, -0.2) is 0 Å². The molecule has 0 N–H and O–H groups in total.